The number of carbonyl (C=O) groups is 1. The van der Waals surface area contributed by atoms with Gasteiger partial charge in [0.1, 0.15) is 5.82 Å². The Bertz CT molecular complexity index is 701. The molecule has 0 fully saturated rings. The van der Waals surface area contributed by atoms with Gasteiger partial charge in [-0.1, -0.05) is 24.3 Å². The number of amides is 1. The van der Waals surface area contributed by atoms with Crippen LogP contribution in [0.2, 0.25) is 0 Å². The average Bonchev–Trinajstić information content (AvgIpc) is 2.50. The molecule has 1 unspecified atom stereocenters. The maximum absolute atomic E-state index is 13.5. The third-order valence-electron chi connectivity index (χ3n) is 3.96. The number of aryl methyl sites for hydroxylation is 1. The highest BCUT2D eigenvalue weighted by Crippen LogP contribution is 2.36. The van der Waals surface area contributed by atoms with Crippen LogP contribution in [0.4, 0.5) is 4.39 Å². The van der Waals surface area contributed by atoms with Crippen LogP contribution in [-0.4, -0.2) is 11.7 Å². The SMILES string of the molecule is Cc1ccccc1CC(=O)NC1CCSc2ccc(F)cc21. The molecule has 2 nitrogen and oxygen atoms in total. The first-order chi connectivity index (χ1) is 10.6. The highest BCUT2D eigenvalue weighted by molar-refractivity contribution is 7.99. The lowest BCUT2D eigenvalue weighted by molar-refractivity contribution is -0.121. The molecule has 2 aromatic rings. The van der Waals surface area contributed by atoms with Crippen LogP contribution in [0.1, 0.15) is 29.2 Å². The van der Waals surface area contributed by atoms with Crippen LogP contribution in [-0.2, 0) is 11.2 Å². The van der Waals surface area contributed by atoms with Gasteiger partial charge in [-0.2, -0.15) is 0 Å². The second-order valence-electron chi connectivity index (χ2n) is 5.54. The summed E-state index contributed by atoms with van der Waals surface area (Å²) >= 11 is 1.72. The van der Waals surface area contributed by atoms with Crippen LogP contribution in [0.25, 0.3) is 0 Å². The Morgan fingerprint density at radius 3 is 2.95 bits per heavy atom. The van der Waals surface area contributed by atoms with Gasteiger partial charge in [-0.15, -0.1) is 11.8 Å². The van der Waals surface area contributed by atoms with Crippen molar-refractivity contribution in [3.8, 4) is 0 Å². The van der Waals surface area contributed by atoms with Crippen molar-refractivity contribution >= 4 is 17.7 Å². The van der Waals surface area contributed by atoms with Gasteiger partial charge in [0.05, 0.1) is 12.5 Å². The second-order valence-corrected chi connectivity index (χ2v) is 6.68. The first-order valence-corrected chi connectivity index (χ1v) is 8.38. The molecule has 22 heavy (non-hydrogen) atoms. The van der Waals surface area contributed by atoms with Crippen LogP contribution in [0, 0.1) is 12.7 Å². The minimum atomic E-state index is -0.251. The minimum Gasteiger partial charge on any atom is -0.349 e. The number of rotatable bonds is 3. The van der Waals surface area contributed by atoms with E-state index >= 15 is 0 Å². The number of thioether (sulfide) groups is 1. The van der Waals surface area contributed by atoms with Crippen molar-refractivity contribution in [3.05, 3.63) is 65.0 Å². The molecule has 1 N–H and O–H groups in total. The Balaban J connectivity index is 1.73. The summed E-state index contributed by atoms with van der Waals surface area (Å²) in [6.07, 6.45) is 1.20. The Labute approximate surface area is 134 Å². The van der Waals surface area contributed by atoms with Crippen LogP contribution >= 0.6 is 11.8 Å². The summed E-state index contributed by atoms with van der Waals surface area (Å²) in [6, 6.07) is 12.6. The van der Waals surface area contributed by atoms with E-state index in [4.69, 9.17) is 0 Å². The van der Waals surface area contributed by atoms with Gasteiger partial charge in [0.15, 0.2) is 0 Å². The molecule has 1 amide bonds. The summed E-state index contributed by atoms with van der Waals surface area (Å²) in [6.45, 7) is 2.00. The third kappa shape index (κ3) is 3.33. The van der Waals surface area contributed by atoms with Crippen molar-refractivity contribution in [1.29, 1.82) is 0 Å². The molecule has 2 aromatic carbocycles. The Morgan fingerprint density at radius 1 is 1.32 bits per heavy atom. The summed E-state index contributed by atoms with van der Waals surface area (Å²) in [5.74, 6) is 0.675. The number of carbonyl (C=O) groups excluding carboxylic acids is 1. The first kappa shape index (κ1) is 15.1. The van der Waals surface area contributed by atoms with Crippen molar-refractivity contribution in [3.63, 3.8) is 0 Å². The first-order valence-electron chi connectivity index (χ1n) is 7.39. The highest BCUT2D eigenvalue weighted by atomic mass is 32.2. The van der Waals surface area contributed by atoms with Crippen molar-refractivity contribution in [2.24, 2.45) is 0 Å². The summed E-state index contributed by atoms with van der Waals surface area (Å²) in [7, 11) is 0. The molecule has 114 valence electrons. The van der Waals surface area contributed by atoms with Crippen LogP contribution < -0.4 is 5.32 Å². The molecule has 4 heteroatoms. The second kappa shape index (κ2) is 6.53. The number of hydrogen-bond acceptors (Lipinski definition) is 2. The van der Waals surface area contributed by atoms with E-state index in [1.165, 1.54) is 6.07 Å². The molecule has 1 atom stereocenters. The van der Waals surface area contributed by atoms with Crippen LogP contribution in [0.15, 0.2) is 47.4 Å². The lowest BCUT2D eigenvalue weighted by Crippen LogP contribution is -2.32. The van der Waals surface area contributed by atoms with Gasteiger partial charge >= 0.3 is 0 Å². The third-order valence-corrected chi connectivity index (χ3v) is 5.08. The molecule has 1 aliphatic rings. The monoisotopic (exact) mass is 315 g/mol. The molecular weight excluding hydrogens is 297 g/mol. The van der Waals surface area contributed by atoms with E-state index in [0.29, 0.717) is 6.42 Å². The molecule has 1 aliphatic heterocycles. The van der Waals surface area contributed by atoms with E-state index in [1.54, 1.807) is 23.9 Å². The quantitative estimate of drug-likeness (QED) is 0.926. The van der Waals surface area contributed by atoms with Crippen molar-refractivity contribution in [2.45, 2.75) is 30.7 Å². The van der Waals surface area contributed by atoms with Gasteiger partial charge in [-0.05, 0) is 48.2 Å². The number of hydrogen-bond donors (Lipinski definition) is 1. The zero-order valence-corrected chi connectivity index (χ0v) is 13.3. The zero-order chi connectivity index (χ0) is 15.5. The maximum Gasteiger partial charge on any atom is 0.224 e. The van der Waals surface area contributed by atoms with E-state index in [9.17, 15) is 9.18 Å². The standard InChI is InChI=1S/C18H18FNOS/c1-12-4-2-3-5-13(12)10-18(21)20-16-8-9-22-17-7-6-14(19)11-15(16)17/h2-7,11,16H,8-10H2,1H3,(H,20,21). The summed E-state index contributed by atoms with van der Waals surface area (Å²) in [4.78, 5) is 13.4. The molecule has 0 aromatic heterocycles. The normalized spacial score (nSPS) is 16.9. The Hall–Kier alpha value is -1.81. The fourth-order valence-corrected chi connectivity index (χ4v) is 3.85. The smallest absolute Gasteiger partial charge is 0.224 e. The Kier molecular flexibility index (Phi) is 4.48. The number of fused-ring (bicyclic) bond motifs is 1. The van der Waals surface area contributed by atoms with Crippen LogP contribution in [0.5, 0.6) is 0 Å². The highest BCUT2D eigenvalue weighted by Gasteiger charge is 2.23. The molecular formula is C18H18FNOS. The molecule has 0 saturated heterocycles. The summed E-state index contributed by atoms with van der Waals surface area (Å²) < 4.78 is 13.5. The van der Waals surface area contributed by atoms with E-state index in [1.807, 2.05) is 31.2 Å². The van der Waals surface area contributed by atoms with E-state index in [0.717, 1.165) is 33.8 Å². The van der Waals surface area contributed by atoms with Crippen molar-refractivity contribution in [2.75, 3.05) is 5.75 Å². The van der Waals surface area contributed by atoms with Crippen molar-refractivity contribution < 1.29 is 9.18 Å². The number of benzene rings is 2. The van der Waals surface area contributed by atoms with Gasteiger partial charge < -0.3 is 5.32 Å². The predicted molar refractivity (Wildman–Crippen MR) is 87.5 cm³/mol. The number of halogens is 1. The zero-order valence-electron chi connectivity index (χ0n) is 12.4. The van der Waals surface area contributed by atoms with E-state index in [2.05, 4.69) is 5.32 Å². The molecule has 0 spiro atoms. The van der Waals surface area contributed by atoms with Gasteiger partial charge in [0.25, 0.3) is 0 Å². The fraction of sp³-hybridized carbons (Fsp3) is 0.278. The van der Waals surface area contributed by atoms with Crippen LogP contribution in [0.3, 0.4) is 0 Å². The topological polar surface area (TPSA) is 29.1 Å². The minimum absolute atomic E-state index is 0.0126. The van der Waals surface area contributed by atoms with Crippen molar-refractivity contribution in [1.82, 2.24) is 5.32 Å². The lowest BCUT2D eigenvalue weighted by Gasteiger charge is -2.26. The maximum atomic E-state index is 13.5. The largest absolute Gasteiger partial charge is 0.349 e. The molecule has 0 radical (unpaired) electrons. The summed E-state index contributed by atoms with van der Waals surface area (Å²) in [5.41, 5.74) is 3.04. The molecule has 0 aliphatic carbocycles. The molecule has 0 saturated carbocycles. The molecule has 0 bridgehead atoms. The summed E-state index contributed by atoms with van der Waals surface area (Å²) in [5, 5.41) is 3.06. The number of nitrogens with one attached hydrogen (secondary N) is 1. The Morgan fingerprint density at radius 2 is 2.14 bits per heavy atom. The lowest BCUT2D eigenvalue weighted by atomic mass is 10.0. The predicted octanol–water partition coefficient (Wildman–Crippen LogP) is 4.03. The average molecular weight is 315 g/mol. The van der Waals surface area contributed by atoms with Gasteiger partial charge in [0.2, 0.25) is 5.91 Å². The van der Waals surface area contributed by atoms with E-state index < -0.39 is 0 Å². The van der Waals surface area contributed by atoms with Gasteiger partial charge in [-0.25, -0.2) is 4.39 Å². The molecule has 1 heterocycles. The van der Waals surface area contributed by atoms with Gasteiger partial charge in [-0.3, -0.25) is 4.79 Å². The van der Waals surface area contributed by atoms with E-state index in [-0.39, 0.29) is 17.8 Å². The van der Waals surface area contributed by atoms with Gasteiger partial charge in [0, 0.05) is 10.6 Å². The fourth-order valence-electron chi connectivity index (χ4n) is 2.74. The molecule has 3 rings (SSSR count).